The van der Waals surface area contributed by atoms with E-state index in [0.717, 1.165) is 34.9 Å². The maximum absolute atomic E-state index is 13.1. The standard InChI is InChI=1S/C23H27FN6O/c1-5-23(2)22(31)28(3)19-13-25-20(27-21(19)29(23)4)11-8-17-12-26-30(15-17)14-16-6-9-18(24)10-7-16/h6-7,9-10,12-13,15H,5,8,11,14H2,1-4H3/t23-/m1/s1. The van der Waals surface area contributed by atoms with E-state index in [0.29, 0.717) is 19.4 Å². The summed E-state index contributed by atoms with van der Waals surface area (Å²) >= 11 is 0. The van der Waals surface area contributed by atoms with Crippen LogP contribution >= 0.6 is 0 Å². The molecule has 0 saturated heterocycles. The highest BCUT2D eigenvalue weighted by Gasteiger charge is 2.44. The summed E-state index contributed by atoms with van der Waals surface area (Å²) in [7, 11) is 3.70. The van der Waals surface area contributed by atoms with Crippen molar-refractivity contribution in [1.29, 1.82) is 0 Å². The number of rotatable bonds is 6. The van der Waals surface area contributed by atoms with Crippen LogP contribution in [-0.2, 0) is 24.2 Å². The molecule has 0 fully saturated rings. The molecule has 1 aromatic carbocycles. The van der Waals surface area contributed by atoms with Crippen molar-refractivity contribution < 1.29 is 9.18 Å². The average Bonchev–Trinajstić information content (AvgIpc) is 3.23. The van der Waals surface area contributed by atoms with E-state index >= 15 is 0 Å². The van der Waals surface area contributed by atoms with Gasteiger partial charge in [-0.3, -0.25) is 9.48 Å². The molecular weight excluding hydrogens is 395 g/mol. The molecule has 4 rings (SSSR count). The number of aryl methyl sites for hydroxylation is 2. The first-order valence-electron chi connectivity index (χ1n) is 10.5. The summed E-state index contributed by atoms with van der Waals surface area (Å²) in [5.41, 5.74) is 2.20. The minimum atomic E-state index is -0.616. The van der Waals surface area contributed by atoms with E-state index in [2.05, 4.69) is 10.1 Å². The highest BCUT2D eigenvalue weighted by Crippen LogP contribution is 2.38. The van der Waals surface area contributed by atoms with Crippen LogP contribution in [0.15, 0.2) is 42.9 Å². The van der Waals surface area contributed by atoms with E-state index in [4.69, 9.17) is 4.98 Å². The summed E-state index contributed by atoms with van der Waals surface area (Å²) in [5.74, 6) is 1.33. The number of hydrogen-bond acceptors (Lipinski definition) is 5. The SMILES string of the molecule is CC[C@]1(C)C(=O)N(C)c2cnc(CCc3cnn(Cc4ccc(F)cc4)c3)nc2N1C. The third-order valence-corrected chi connectivity index (χ3v) is 6.25. The molecule has 31 heavy (non-hydrogen) atoms. The topological polar surface area (TPSA) is 67.2 Å². The molecule has 0 radical (unpaired) electrons. The predicted molar refractivity (Wildman–Crippen MR) is 118 cm³/mol. The van der Waals surface area contributed by atoms with Gasteiger partial charge in [-0.15, -0.1) is 0 Å². The van der Waals surface area contributed by atoms with Crippen LogP contribution < -0.4 is 9.80 Å². The van der Waals surface area contributed by atoms with Gasteiger partial charge in [0.25, 0.3) is 5.91 Å². The van der Waals surface area contributed by atoms with Crippen LogP contribution in [-0.4, -0.2) is 45.3 Å². The molecule has 0 unspecified atom stereocenters. The van der Waals surface area contributed by atoms with Crippen molar-refractivity contribution in [3.05, 3.63) is 65.6 Å². The number of fused-ring (bicyclic) bond motifs is 1. The van der Waals surface area contributed by atoms with Gasteiger partial charge in [0.2, 0.25) is 0 Å². The van der Waals surface area contributed by atoms with Crippen LogP contribution in [0.2, 0.25) is 0 Å². The minimum Gasteiger partial charge on any atom is -0.343 e. The third kappa shape index (κ3) is 3.89. The molecule has 0 spiro atoms. The lowest BCUT2D eigenvalue weighted by Crippen LogP contribution is -2.59. The van der Waals surface area contributed by atoms with E-state index < -0.39 is 5.54 Å². The van der Waals surface area contributed by atoms with Gasteiger partial charge < -0.3 is 9.80 Å². The molecule has 1 aliphatic heterocycles. The second-order valence-electron chi connectivity index (χ2n) is 8.22. The van der Waals surface area contributed by atoms with Gasteiger partial charge in [0.1, 0.15) is 22.9 Å². The number of halogens is 1. The van der Waals surface area contributed by atoms with Crippen LogP contribution in [0.1, 0.15) is 37.2 Å². The van der Waals surface area contributed by atoms with Crippen LogP contribution in [0.25, 0.3) is 0 Å². The van der Waals surface area contributed by atoms with E-state index in [1.807, 2.05) is 42.9 Å². The number of aromatic nitrogens is 4. The summed E-state index contributed by atoms with van der Waals surface area (Å²) in [6, 6.07) is 6.44. The van der Waals surface area contributed by atoms with Gasteiger partial charge in [-0.2, -0.15) is 5.10 Å². The molecule has 3 heterocycles. The van der Waals surface area contributed by atoms with Gasteiger partial charge in [-0.1, -0.05) is 19.1 Å². The molecule has 0 N–H and O–H groups in total. The Hall–Kier alpha value is -3.29. The molecular formula is C23H27FN6O. The van der Waals surface area contributed by atoms with Gasteiger partial charge in [-0.25, -0.2) is 14.4 Å². The van der Waals surface area contributed by atoms with Gasteiger partial charge >= 0.3 is 0 Å². The van der Waals surface area contributed by atoms with E-state index in [-0.39, 0.29) is 11.7 Å². The Morgan fingerprint density at radius 2 is 1.81 bits per heavy atom. The lowest BCUT2D eigenvalue weighted by molar-refractivity contribution is -0.123. The van der Waals surface area contributed by atoms with Crippen molar-refractivity contribution in [2.24, 2.45) is 0 Å². The first kappa shape index (κ1) is 21.0. The maximum atomic E-state index is 13.1. The molecule has 7 nitrogen and oxygen atoms in total. The quantitative estimate of drug-likeness (QED) is 0.610. The van der Waals surface area contributed by atoms with Gasteiger partial charge in [-0.05, 0) is 43.0 Å². The second-order valence-corrected chi connectivity index (χ2v) is 8.22. The Balaban J connectivity index is 1.46. The first-order valence-corrected chi connectivity index (χ1v) is 10.5. The molecule has 2 aromatic heterocycles. The highest BCUT2D eigenvalue weighted by atomic mass is 19.1. The Bertz CT molecular complexity index is 1100. The van der Waals surface area contributed by atoms with Crippen molar-refractivity contribution in [1.82, 2.24) is 19.7 Å². The summed E-state index contributed by atoms with van der Waals surface area (Å²) in [6.07, 6.45) is 7.69. The summed E-state index contributed by atoms with van der Waals surface area (Å²) in [5, 5.41) is 4.41. The molecule has 162 valence electrons. The number of carbonyl (C=O) groups is 1. The normalized spacial score (nSPS) is 18.4. The van der Waals surface area contributed by atoms with Gasteiger partial charge in [0.15, 0.2) is 5.82 Å². The number of anilines is 2. The van der Waals surface area contributed by atoms with Crippen LogP contribution in [0.4, 0.5) is 15.9 Å². The van der Waals surface area contributed by atoms with Crippen molar-refractivity contribution in [2.45, 2.75) is 45.2 Å². The molecule has 0 bridgehead atoms. The lowest BCUT2D eigenvalue weighted by atomic mass is 9.92. The average molecular weight is 423 g/mol. The van der Waals surface area contributed by atoms with Gasteiger partial charge in [0.05, 0.1) is 18.9 Å². The number of nitrogens with zero attached hydrogens (tertiary/aromatic N) is 6. The number of likely N-dealkylation sites (N-methyl/N-ethyl adjacent to an activating group) is 2. The van der Waals surface area contributed by atoms with Crippen LogP contribution in [0, 0.1) is 5.82 Å². The Morgan fingerprint density at radius 3 is 2.52 bits per heavy atom. The molecule has 1 atom stereocenters. The Morgan fingerprint density at radius 1 is 1.06 bits per heavy atom. The van der Waals surface area contributed by atoms with Crippen molar-refractivity contribution in [3.8, 4) is 0 Å². The number of benzene rings is 1. The molecule has 1 amide bonds. The summed E-state index contributed by atoms with van der Waals surface area (Å²) in [4.78, 5) is 25.7. The number of hydrogen-bond donors (Lipinski definition) is 0. The second kappa shape index (κ2) is 8.09. The fourth-order valence-corrected chi connectivity index (χ4v) is 3.90. The van der Waals surface area contributed by atoms with E-state index in [1.165, 1.54) is 12.1 Å². The van der Waals surface area contributed by atoms with Crippen LogP contribution in [0.3, 0.4) is 0 Å². The van der Waals surface area contributed by atoms with Crippen molar-refractivity contribution in [3.63, 3.8) is 0 Å². The zero-order chi connectivity index (χ0) is 22.2. The zero-order valence-corrected chi connectivity index (χ0v) is 18.3. The summed E-state index contributed by atoms with van der Waals surface area (Å²) in [6.45, 7) is 4.56. The van der Waals surface area contributed by atoms with E-state index in [9.17, 15) is 9.18 Å². The minimum absolute atomic E-state index is 0.0509. The fraction of sp³-hybridized carbons (Fsp3) is 0.391. The predicted octanol–water partition coefficient (Wildman–Crippen LogP) is 3.23. The molecule has 8 heteroatoms. The van der Waals surface area contributed by atoms with E-state index in [1.54, 1.807) is 30.3 Å². The highest BCUT2D eigenvalue weighted by molar-refractivity contribution is 6.06. The molecule has 1 aliphatic rings. The maximum Gasteiger partial charge on any atom is 0.252 e. The zero-order valence-electron chi connectivity index (χ0n) is 18.3. The number of carbonyl (C=O) groups excluding carboxylic acids is 1. The molecule has 0 saturated carbocycles. The Kier molecular flexibility index (Phi) is 5.47. The largest absolute Gasteiger partial charge is 0.343 e. The van der Waals surface area contributed by atoms with Crippen molar-refractivity contribution in [2.75, 3.05) is 23.9 Å². The summed E-state index contributed by atoms with van der Waals surface area (Å²) < 4.78 is 14.9. The monoisotopic (exact) mass is 422 g/mol. The molecule has 0 aliphatic carbocycles. The molecule has 3 aromatic rings. The van der Waals surface area contributed by atoms with Gasteiger partial charge in [0, 0.05) is 26.7 Å². The first-order chi connectivity index (χ1) is 14.8. The van der Waals surface area contributed by atoms with Crippen molar-refractivity contribution >= 4 is 17.4 Å². The fourth-order valence-electron chi connectivity index (χ4n) is 3.90. The number of amides is 1. The smallest absolute Gasteiger partial charge is 0.252 e. The lowest BCUT2D eigenvalue weighted by Gasteiger charge is -2.45. The third-order valence-electron chi connectivity index (χ3n) is 6.25. The Labute approximate surface area is 181 Å². The van der Waals surface area contributed by atoms with Crippen LogP contribution in [0.5, 0.6) is 0 Å².